The van der Waals surface area contributed by atoms with Crippen molar-refractivity contribution >= 4 is 38.8 Å². The molecule has 2 N–H and O–H groups in total. The molecule has 2 rings (SSSR count). The van der Waals surface area contributed by atoms with Crippen molar-refractivity contribution in [2.45, 2.75) is 13.5 Å². The Kier molecular flexibility index (Phi) is 4.96. The van der Waals surface area contributed by atoms with Crippen molar-refractivity contribution in [3.8, 4) is 0 Å². The lowest BCUT2D eigenvalue weighted by Crippen LogP contribution is -2.19. The van der Waals surface area contributed by atoms with Crippen LogP contribution in [0.5, 0.6) is 0 Å². The molecule has 0 saturated carbocycles. The number of aryl methyl sites for hydroxylation is 1. The van der Waals surface area contributed by atoms with Gasteiger partial charge in [0.25, 0.3) is 0 Å². The monoisotopic (exact) mass is 366 g/mol. The van der Waals surface area contributed by atoms with Gasteiger partial charge in [-0.15, -0.1) is 0 Å². The number of hydrogen-bond acceptors (Lipinski definition) is 2. The molecule has 0 saturated heterocycles. The second-order valence-corrected chi connectivity index (χ2v) is 6.14. The largest absolute Gasteiger partial charge is 0.389 e. The molecular formula is C16H16BrFN2S. The van der Waals surface area contributed by atoms with Gasteiger partial charge in [0, 0.05) is 19.2 Å². The van der Waals surface area contributed by atoms with Gasteiger partial charge in [-0.05, 0) is 46.1 Å². The Balaban J connectivity index is 2.32. The van der Waals surface area contributed by atoms with Crippen molar-refractivity contribution in [1.82, 2.24) is 0 Å². The second kappa shape index (κ2) is 6.54. The Hall–Kier alpha value is -1.46. The molecule has 0 spiro atoms. The number of rotatable bonds is 4. The van der Waals surface area contributed by atoms with Gasteiger partial charge in [-0.2, -0.15) is 0 Å². The van der Waals surface area contributed by atoms with Crippen LogP contribution in [-0.2, 0) is 6.54 Å². The number of thiocarbonyl (C=S) groups is 1. The lowest BCUT2D eigenvalue weighted by Gasteiger charge is -2.22. The third-order valence-electron chi connectivity index (χ3n) is 3.41. The topological polar surface area (TPSA) is 29.3 Å². The summed E-state index contributed by atoms with van der Waals surface area (Å²) in [6.45, 7) is 2.67. The molecule has 110 valence electrons. The SMILES string of the molecule is Cc1ccccc1CN(C)c1ccc(C(N)=S)c(Br)c1F. The molecule has 0 atom stereocenters. The van der Waals surface area contributed by atoms with Gasteiger partial charge in [-0.25, -0.2) is 4.39 Å². The summed E-state index contributed by atoms with van der Waals surface area (Å²) in [7, 11) is 1.86. The summed E-state index contributed by atoms with van der Waals surface area (Å²) >= 11 is 8.14. The molecule has 0 fully saturated rings. The van der Waals surface area contributed by atoms with Crippen molar-refractivity contribution in [3.63, 3.8) is 0 Å². The Morgan fingerprint density at radius 2 is 1.95 bits per heavy atom. The van der Waals surface area contributed by atoms with E-state index < -0.39 is 0 Å². The van der Waals surface area contributed by atoms with E-state index in [4.69, 9.17) is 18.0 Å². The third-order valence-corrected chi connectivity index (χ3v) is 4.40. The van der Waals surface area contributed by atoms with E-state index in [2.05, 4.69) is 15.9 Å². The van der Waals surface area contributed by atoms with Crippen LogP contribution in [0.15, 0.2) is 40.9 Å². The molecule has 0 aromatic heterocycles. The third kappa shape index (κ3) is 3.41. The summed E-state index contributed by atoms with van der Waals surface area (Å²) in [5, 5.41) is 0. The summed E-state index contributed by atoms with van der Waals surface area (Å²) < 4.78 is 14.8. The lowest BCUT2D eigenvalue weighted by molar-refractivity contribution is 0.615. The summed E-state index contributed by atoms with van der Waals surface area (Å²) in [6.07, 6.45) is 0. The van der Waals surface area contributed by atoms with Gasteiger partial charge in [-0.3, -0.25) is 0 Å². The van der Waals surface area contributed by atoms with Gasteiger partial charge in [-0.1, -0.05) is 36.5 Å². The maximum atomic E-state index is 14.5. The van der Waals surface area contributed by atoms with E-state index in [1.807, 2.05) is 43.1 Å². The molecular weight excluding hydrogens is 351 g/mol. The van der Waals surface area contributed by atoms with Crippen LogP contribution in [0.1, 0.15) is 16.7 Å². The Bertz CT molecular complexity index is 688. The normalized spacial score (nSPS) is 10.5. The van der Waals surface area contributed by atoms with Gasteiger partial charge in [0.15, 0.2) is 5.82 Å². The van der Waals surface area contributed by atoms with Gasteiger partial charge < -0.3 is 10.6 Å². The number of halogens is 2. The maximum absolute atomic E-state index is 14.5. The highest BCUT2D eigenvalue weighted by Crippen LogP contribution is 2.30. The van der Waals surface area contributed by atoms with E-state index in [9.17, 15) is 4.39 Å². The maximum Gasteiger partial charge on any atom is 0.161 e. The minimum Gasteiger partial charge on any atom is -0.389 e. The van der Waals surface area contributed by atoms with Crippen LogP contribution in [0.4, 0.5) is 10.1 Å². The zero-order valence-corrected chi connectivity index (χ0v) is 14.3. The minimum atomic E-state index is -0.351. The number of hydrogen-bond donors (Lipinski definition) is 1. The fourth-order valence-electron chi connectivity index (χ4n) is 2.15. The van der Waals surface area contributed by atoms with Crippen LogP contribution >= 0.6 is 28.1 Å². The van der Waals surface area contributed by atoms with Gasteiger partial charge in [0.1, 0.15) is 4.99 Å². The Morgan fingerprint density at radius 1 is 1.29 bits per heavy atom. The first-order valence-electron chi connectivity index (χ1n) is 6.45. The van der Waals surface area contributed by atoms with E-state index in [0.717, 1.165) is 5.56 Å². The number of nitrogens with zero attached hydrogens (tertiary/aromatic N) is 1. The molecule has 0 aliphatic heterocycles. The van der Waals surface area contributed by atoms with Crippen LogP contribution < -0.4 is 10.6 Å². The first-order valence-corrected chi connectivity index (χ1v) is 7.65. The molecule has 0 amide bonds. The number of anilines is 1. The quantitative estimate of drug-likeness (QED) is 0.823. The van der Waals surface area contributed by atoms with E-state index >= 15 is 0 Å². The molecule has 2 aromatic carbocycles. The first-order chi connectivity index (χ1) is 9.91. The summed E-state index contributed by atoms with van der Waals surface area (Å²) in [4.78, 5) is 2.04. The first kappa shape index (κ1) is 15.9. The molecule has 0 aliphatic rings. The van der Waals surface area contributed by atoms with E-state index in [1.54, 1.807) is 12.1 Å². The van der Waals surface area contributed by atoms with E-state index in [0.29, 0.717) is 22.3 Å². The van der Waals surface area contributed by atoms with E-state index in [1.165, 1.54) is 5.56 Å². The molecule has 2 nitrogen and oxygen atoms in total. The average molecular weight is 367 g/mol. The summed E-state index contributed by atoms with van der Waals surface area (Å²) in [6, 6.07) is 11.5. The van der Waals surface area contributed by atoms with Crippen molar-refractivity contribution in [2.24, 2.45) is 5.73 Å². The van der Waals surface area contributed by atoms with Crippen molar-refractivity contribution in [3.05, 3.63) is 63.4 Å². The van der Waals surface area contributed by atoms with Crippen molar-refractivity contribution < 1.29 is 4.39 Å². The molecule has 0 bridgehead atoms. The highest BCUT2D eigenvalue weighted by Gasteiger charge is 2.16. The summed E-state index contributed by atoms with van der Waals surface area (Å²) in [5.74, 6) is -0.351. The number of benzene rings is 2. The minimum absolute atomic E-state index is 0.175. The standard InChI is InChI=1S/C16H16BrFN2S/c1-10-5-3-4-6-11(10)9-20(2)13-8-7-12(16(19)21)14(17)15(13)18/h3-8H,9H2,1-2H3,(H2,19,21). The van der Waals surface area contributed by atoms with Crippen LogP contribution in [0.3, 0.4) is 0 Å². The zero-order valence-electron chi connectivity index (χ0n) is 11.9. The van der Waals surface area contributed by atoms with Crippen molar-refractivity contribution in [2.75, 3.05) is 11.9 Å². The van der Waals surface area contributed by atoms with Gasteiger partial charge >= 0.3 is 0 Å². The smallest absolute Gasteiger partial charge is 0.161 e. The predicted octanol–water partition coefficient (Wildman–Crippen LogP) is 4.17. The second-order valence-electron chi connectivity index (χ2n) is 4.91. The highest BCUT2D eigenvalue weighted by molar-refractivity contribution is 9.10. The Morgan fingerprint density at radius 3 is 2.57 bits per heavy atom. The van der Waals surface area contributed by atoms with Crippen LogP contribution in [0.25, 0.3) is 0 Å². The fraction of sp³-hybridized carbons (Fsp3) is 0.188. The molecule has 5 heteroatoms. The lowest BCUT2D eigenvalue weighted by atomic mass is 10.1. The molecule has 0 aliphatic carbocycles. The van der Waals surface area contributed by atoms with Crippen molar-refractivity contribution in [1.29, 1.82) is 0 Å². The van der Waals surface area contributed by atoms with Crippen LogP contribution in [0.2, 0.25) is 0 Å². The highest BCUT2D eigenvalue weighted by atomic mass is 79.9. The van der Waals surface area contributed by atoms with Crippen LogP contribution in [0, 0.1) is 12.7 Å². The molecule has 0 radical (unpaired) electrons. The van der Waals surface area contributed by atoms with Gasteiger partial charge in [0.05, 0.1) is 10.2 Å². The molecule has 0 heterocycles. The Labute approximate surface area is 137 Å². The molecule has 0 unspecified atom stereocenters. The predicted molar refractivity (Wildman–Crippen MR) is 93.3 cm³/mol. The molecule has 2 aromatic rings. The summed E-state index contributed by atoms with van der Waals surface area (Å²) in [5.41, 5.74) is 8.93. The molecule has 21 heavy (non-hydrogen) atoms. The van der Waals surface area contributed by atoms with Crippen LogP contribution in [-0.4, -0.2) is 12.0 Å². The fourth-order valence-corrected chi connectivity index (χ4v) is 3.00. The van der Waals surface area contributed by atoms with E-state index in [-0.39, 0.29) is 10.8 Å². The average Bonchev–Trinajstić information content (AvgIpc) is 2.43. The van der Waals surface area contributed by atoms with Gasteiger partial charge in [0.2, 0.25) is 0 Å². The number of nitrogens with two attached hydrogens (primary N) is 1. The zero-order chi connectivity index (χ0) is 15.6.